The molecule has 204 valence electrons. The number of aliphatic hydroxyl groups is 3. The normalized spacial score (nSPS) is 25.1. The number of ether oxygens (including phenoxy) is 2. The van der Waals surface area contributed by atoms with Crippen LogP contribution in [0.15, 0.2) is 23.8 Å². The fraction of sp³-hybridized carbons (Fsp3) is 0.643. The van der Waals surface area contributed by atoms with Gasteiger partial charge in [0, 0.05) is 30.1 Å². The summed E-state index contributed by atoms with van der Waals surface area (Å²) < 4.78 is 11.8. The van der Waals surface area contributed by atoms with Crippen molar-refractivity contribution in [1.82, 2.24) is 10.2 Å². The predicted molar refractivity (Wildman–Crippen MR) is 137 cm³/mol. The Morgan fingerprint density at radius 3 is 2.54 bits per heavy atom. The third-order valence-corrected chi connectivity index (χ3v) is 7.81. The van der Waals surface area contributed by atoms with Crippen LogP contribution in [0.3, 0.4) is 0 Å². The van der Waals surface area contributed by atoms with Gasteiger partial charge in [0.1, 0.15) is 12.2 Å². The lowest BCUT2D eigenvalue weighted by Gasteiger charge is -2.42. The summed E-state index contributed by atoms with van der Waals surface area (Å²) in [6.45, 7) is 3.84. The highest BCUT2D eigenvalue weighted by Gasteiger charge is 2.51. The molecule has 0 radical (unpaired) electrons. The first kappa shape index (κ1) is 27.4. The highest BCUT2D eigenvalue weighted by atomic mass is 16.5. The van der Waals surface area contributed by atoms with Crippen LogP contribution in [0.25, 0.3) is 0 Å². The Morgan fingerprint density at radius 2 is 1.92 bits per heavy atom. The van der Waals surface area contributed by atoms with Crippen LogP contribution in [0.2, 0.25) is 0 Å². The van der Waals surface area contributed by atoms with Crippen molar-refractivity contribution in [3.63, 3.8) is 0 Å². The average molecular weight is 517 g/mol. The number of aliphatic hydroxyl groups excluding tert-OH is 3. The molecule has 1 saturated carbocycles. The monoisotopic (exact) mass is 516 g/mol. The van der Waals surface area contributed by atoms with E-state index in [1.165, 1.54) is 13.5 Å². The fourth-order valence-electron chi connectivity index (χ4n) is 5.96. The topological polar surface area (TPSA) is 129 Å². The van der Waals surface area contributed by atoms with Crippen molar-refractivity contribution in [3.05, 3.63) is 34.9 Å². The van der Waals surface area contributed by atoms with E-state index in [1.807, 2.05) is 13.8 Å². The molecule has 4 atom stereocenters. The maximum atomic E-state index is 13.5. The molecule has 3 aliphatic rings. The molecule has 1 heterocycles. The maximum Gasteiger partial charge on any atom is 0.247 e. The Hall–Kier alpha value is -2.62. The zero-order chi connectivity index (χ0) is 26.7. The van der Waals surface area contributed by atoms with Gasteiger partial charge in [-0.2, -0.15) is 0 Å². The van der Waals surface area contributed by atoms with Crippen LogP contribution in [0.1, 0.15) is 63.0 Å². The summed E-state index contributed by atoms with van der Waals surface area (Å²) in [5, 5.41) is 33.5. The first-order chi connectivity index (χ1) is 17.8. The van der Waals surface area contributed by atoms with Gasteiger partial charge in [0.25, 0.3) is 0 Å². The zero-order valence-electron chi connectivity index (χ0n) is 22.0. The van der Waals surface area contributed by atoms with E-state index in [0.717, 1.165) is 25.7 Å². The van der Waals surface area contributed by atoms with Crippen molar-refractivity contribution >= 4 is 11.8 Å². The molecular weight excluding hydrogens is 476 g/mol. The molecule has 0 bridgehead atoms. The summed E-state index contributed by atoms with van der Waals surface area (Å²) in [5.41, 5.74) is 1.61. The van der Waals surface area contributed by atoms with Crippen molar-refractivity contribution in [1.29, 1.82) is 0 Å². The minimum atomic E-state index is -1.08. The number of fused-ring (bicyclic) bond motifs is 3. The number of hydrogen-bond acceptors (Lipinski definition) is 7. The van der Waals surface area contributed by atoms with E-state index in [2.05, 4.69) is 5.32 Å². The molecule has 1 aromatic rings. The number of nitrogens with one attached hydrogen (secondary N) is 1. The van der Waals surface area contributed by atoms with Gasteiger partial charge in [0.2, 0.25) is 11.8 Å². The van der Waals surface area contributed by atoms with Gasteiger partial charge in [-0.1, -0.05) is 33.1 Å². The van der Waals surface area contributed by atoms with E-state index in [-0.39, 0.29) is 37.5 Å². The molecule has 4 rings (SSSR count). The number of carbonyl (C=O) groups excluding carboxylic acids is 2. The van der Waals surface area contributed by atoms with E-state index in [1.54, 1.807) is 23.1 Å². The number of nitrogens with zero attached hydrogens (tertiary/aromatic N) is 1. The molecule has 0 spiro atoms. The summed E-state index contributed by atoms with van der Waals surface area (Å²) in [4.78, 5) is 28.6. The van der Waals surface area contributed by atoms with Gasteiger partial charge < -0.3 is 35.0 Å². The predicted octanol–water partition coefficient (Wildman–Crippen LogP) is 1.87. The molecule has 37 heavy (non-hydrogen) atoms. The quantitative estimate of drug-likeness (QED) is 0.394. The second-order valence-electron chi connectivity index (χ2n) is 10.7. The van der Waals surface area contributed by atoms with Crippen LogP contribution in [-0.2, 0) is 16.2 Å². The highest BCUT2D eigenvalue weighted by molar-refractivity contribution is 5.96. The smallest absolute Gasteiger partial charge is 0.247 e. The Morgan fingerprint density at radius 1 is 1.19 bits per heavy atom. The Labute approximate surface area is 218 Å². The lowest BCUT2D eigenvalue weighted by molar-refractivity contribution is -0.141. The van der Waals surface area contributed by atoms with Crippen LogP contribution in [0, 0.1) is 11.8 Å². The number of rotatable bonds is 9. The van der Waals surface area contributed by atoms with Crippen molar-refractivity contribution in [3.8, 4) is 11.5 Å². The maximum absolute atomic E-state index is 13.5. The second-order valence-corrected chi connectivity index (χ2v) is 10.7. The summed E-state index contributed by atoms with van der Waals surface area (Å²) in [5.74, 6) is -0.185. The third-order valence-electron chi connectivity index (χ3n) is 7.81. The minimum absolute atomic E-state index is 0.0740. The highest BCUT2D eigenvalue weighted by Crippen LogP contribution is 2.51. The lowest BCUT2D eigenvalue weighted by Crippen LogP contribution is -2.57. The van der Waals surface area contributed by atoms with Gasteiger partial charge >= 0.3 is 0 Å². The van der Waals surface area contributed by atoms with Crippen LogP contribution >= 0.6 is 0 Å². The number of methoxy groups -OCH3 is 1. The summed E-state index contributed by atoms with van der Waals surface area (Å²) in [6, 6.07) is 2.69. The Kier molecular flexibility index (Phi) is 8.77. The van der Waals surface area contributed by atoms with Gasteiger partial charge in [-0.15, -0.1) is 0 Å². The third kappa shape index (κ3) is 5.49. The van der Waals surface area contributed by atoms with Crippen LogP contribution in [0.4, 0.5) is 0 Å². The minimum Gasteiger partial charge on any atom is -0.493 e. The summed E-state index contributed by atoms with van der Waals surface area (Å²) in [6.07, 6.45) is 5.32. The molecule has 9 nitrogen and oxygen atoms in total. The van der Waals surface area contributed by atoms with Crippen molar-refractivity contribution < 1.29 is 34.4 Å². The van der Waals surface area contributed by atoms with Gasteiger partial charge in [0.05, 0.1) is 32.3 Å². The fourth-order valence-corrected chi connectivity index (χ4v) is 5.96. The first-order valence-electron chi connectivity index (χ1n) is 13.4. The number of amides is 2. The van der Waals surface area contributed by atoms with E-state index in [0.29, 0.717) is 40.7 Å². The van der Waals surface area contributed by atoms with Gasteiger partial charge in [-0.25, -0.2) is 0 Å². The molecule has 2 aliphatic carbocycles. The van der Waals surface area contributed by atoms with Crippen molar-refractivity contribution in [2.24, 2.45) is 11.8 Å². The molecular formula is C28H40N2O7. The molecule has 0 saturated heterocycles. The van der Waals surface area contributed by atoms with Crippen LogP contribution in [-0.4, -0.2) is 77.1 Å². The average Bonchev–Trinajstić information content (AvgIpc) is 3.30. The molecule has 1 aliphatic heterocycles. The molecule has 9 heteroatoms. The van der Waals surface area contributed by atoms with Crippen molar-refractivity contribution in [2.45, 2.75) is 76.7 Å². The Bertz CT molecular complexity index is 1020. The second kappa shape index (κ2) is 11.8. The lowest BCUT2D eigenvalue weighted by atomic mass is 9.76. The number of hydrogen-bond donors (Lipinski definition) is 4. The SMILES string of the molecule is COc1cc(CO)cc2c1OC1C2C(C(=O)NCCO)=CC(N(CC2CCCCC2)C(=O)C(C)C)C1O. The number of benzene rings is 1. The van der Waals surface area contributed by atoms with E-state index >= 15 is 0 Å². The largest absolute Gasteiger partial charge is 0.493 e. The molecule has 1 aromatic carbocycles. The van der Waals surface area contributed by atoms with Crippen LogP contribution < -0.4 is 14.8 Å². The summed E-state index contributed by atoms with van der Waals surface area (Å²) >= 11 is 0. The molecule has 4 unspecified atom stereocenters. The molecule has 1 fully saturated rings. The van der Waals surface area contributed by atoms with Gasteiger partial charge in [-0.3, -0.25) is 9.59 Å². The van der Waals surface area contributed by atoms with Crippen LogP contribution in [0.5, 0.6) is 11.5 Å². The van der Waals surface area contributed by atoms with Crippen molar-refractivity contribution in [2.75, 3.05) is 26.8 Å². The van der Waals surface area contributed by atoms with Gasteiger partial charge in [-0.05, 0) is 42.5 Å². The van der Waals surface area contributed by atoms with Gasteiger partial charge in [0.15, 0.2) is 11.5 Å². The molecule has 4 N–H and O–H groups in total. The zero-order valence-corrected chi connectivity index (χ0v) is 22.0. The molecule has 2 amide bonds. The van der Waals surface area contributed by atoms with E-state index in [4.69, 9.17) is 9.47 Å². The standard InChI is InChI=1S/C28H40N2O7/c1-16(2)28(35)30(14-17-7-5-4-6-8-17)21-13-20(27(34)29-9-10-31)23-19-11-18(15-32)12-22(36-3)25(19)37-26(23)24(21)33/h11-13,16-17,21,23-24,26,31-33H,4-10,14-15H2,1-3H3,(H,29,34). The van der Waals surface area contributed by atoms with E-state index in [9.17, 15) is 24.9 Å². The summed E-state index contributed by atoms with van der Waals surface area (Å²) in [7, 11) is 1.50. The molecule has 0 aromatic heterocycles. The Balaban J connectivity index is 1.78. The first-order valence-corrected chi connectivity index (χ1v) is 13.4. The number of carbonyl (C=O) groups is 2. The van der Waals surface area contributed by atoms with E-state index < -0.39 is 24.2 Å².